The molecule has 0 aliphatic carbocycles. The van der Waals surface area contributed by atoms with Crippen LogP contribution < -0.4 is 4.90 Å². The van der Waals surface area contributed by atoms with Crippen LogP contribution in [0.3, 0.4) is 0 Å². The molecular formula is C10H10BrNO3S. The molecule has 2 heterocycles. The number of rotatable bonds is 2. The average molecular weight is 304 g/mol. The van der Waals surface area contributed by atoms with Crippen molar-refractivity contribution in [1.82, 2.24) is 0 Å². The van der Waals surface area contributed by atoms with E-state index < -0.39 is 5.97 Å². The molecule has 1 unspecified atom stereocenters. The Balaban J connectivity index is 2.31. The number of amides is 1. The van der Waals surface area contributed by atoms with Gasteiger partial charge in [0.15, 0.2) is 0 Å². The second-order valence-electron chi connectivity index (χ2n) is 3.44. The second kappa shape index (κ2) is 4.55. The Morgan fingerprint density at radius 1 is 1.69 bits per heavy atom. The van der Waals surface area contributed by atoms with E-state index in [1.54, 1.807) is 16.3 Å². The molecule has 0 aromatic carbocycles. The number of ether oxygens (including phenoxy) is 1. The smallest absolute Gasteiger partial charge is 0.340 e. The Bertz CT molecular complexity index is 431. The molecule has 1 aromatic rings. The van der Waals surface area contributed by atoms with Gasteiger partial charge in [-0.2, -0.15) is 0 Å². The zero-order valence-electron chi connectivity index (χ0n) is 8.60. The maximum Gasteiger partial charge on any atom is 0.340 e. The molecule has 16 heavy (non-hydrogen) atoms. The minimum atomic E-state index is -0.401. The number of thiophene rings is 1. The van der Waals surface area contributed by atoms with E-state index in [0.717, 1.165) is 0 Å². The quantitative estimate of drug-likeness (QED) is 0.620. The van der Waals surface area contributed by atoms with Crippen LogP contribution in [-0.2, 0) is 9.53 Å². The van der Waals surface area contributed by atoms with Gasteiger partial charge in [0.1, 0.15) is 5.00 Å². The molecule has 0 spiro atoms. The fourth-order valence-corrected chi connectivity index (χ4v) is 3.12. The molecule has 1 aliphatic heterocycles. The van der Waals surface area contributed by atoms with Gasteiger partial charge in [-0.15, -0.1) is 11.3 Å². The van der Waals surface area contributed by atoms with Gasteiger partial charge in [0.05, 0.1) is 12.7 Å². The van der Waals surface area contributed by atoms with Crippen LogP contribution in [0.2, 0.25) is 0 Å². The predicted octanol–water partition coefficient (Wildman–Crippen LogP) is 2.03. The molecule has 86 valence electrons. The number of anilines is 1. The molecule has 1 fully saturated rings. The van der Waals surface area contributed by atoms with E-state index in [2.05, 4.69) is 20.7 Å². The summed E-state index contributed by atoms with van der Waals surface area (Å²) in [6.45, 7) is 0.601. The van der Waals surface area contributed by atoms with Crippen LogP contribution in [0.4, 0.5) is 5.00 Å². The third-order valence-corrected chi connectivity index (χ3v) is 3.92. The summed E-state index contributed by atoms with van der Waals surface area (Å²) in [6, 6.07) is 1.68. The van der Waals surface area contributed by atoms with Crippen LogP contribution in [0.15, 0.2) is 11.4 Å². The number of alkyl halides is 1. The molecule has 1 aliphatic rings. The number of carbonyl (C=O) groups is 2. The van der Waals surface area contributed by atoms with Gasteiger partial charge in [0.2, 0.25) is 5.91 Å². The Kier molecular flexibility index (Phi) is 3.30. The van der Waals surface area contributed by atoms with E-state index >= 15 is 0 Å². The van der Waals surface area contributed by atoms with Crippen molar-refractivity contribution in [3.63, 3.8) is 0 Å². The van der Waals surface area contributed by atoms with Crippen molar-refractivity contribution in [2.75, 3.05) is 18.6 Å². The normalized spacial score (nSPS) is 20.2. The highest BCUT2D eigenvalue weighted by Gasteiger charge is 2.32. The fourth-order valence-electron chi connectivity index (χ4n) is 1.64. The topological polar surface area (TPSA) is 46.6 Å². The summed E-state index contributed by atoms with van der Waals surface area (Å²) >= 11 is 4.79. The lowest BCUT2D eigenvalue weighted by Gasteiger charge is -2.14. The number of hydrogen-bond donors (Lipinski definition) is 0. The zero-order chi connectivity index (χ0) is 11.7. The maximum atomic E-state index is 11.7. The van der Waals surface area contributed by atoms with E-state index in [9.17, 15) is 9.59 Å². The third-order valence-electron chi connectivity index (χ3n) is 2.37. The Labute approximate surface area is 105 Å². The standard InChI is InChI=1S/C10H10BrNO3S/c1-15-10(14)7-2-3-16-9(7)12-5-6(11)4-8(12)13/h2-3,6H,4-5H2,1H3. The molecule has 6 heteroatoms. The van der Waals surface area contributed by atoms with Crippen LogP contribution in [-0.4, -0.2) is 30.4 Å². The van der Waals surface area contributed by atoms with Gasteiger partial charge >= 0.3 is 5.97 Å². The predicted molar refractivity (Wildman–Crippen MR) is 65.3 cm³/mol. The molecule has 1 atom stereocenters. The van der Waals surface area contributed by atoms with Crippen molar-refractivity contribution >= 4 is 44.1 Å². The lowest BCUT2D eigenvalue weighted by molar-refractivity contribution is -0.116. The molecule has 0 saturated carbocycles. The molecular weight excluding hydrogens is 294 g/mol. The highest BCUT2D eigenvalue weighted by molar-refractivity contribution is 9.09. The van der Waals surface area contributed by atoms with Crippen molar-refractivity contribution in [3.05, 3.63) is 17.0 Å². The zero-order valence-corrected chi connectivity index (χ0v) is 11.0. The van der Waals surface area contributed by atoms with Crippen LogP contribution in [0.1, 0.15) is 16.8 Å². The summed E-state index contributed by atoms with van der Waals surface area (Å²) in [7, 11) is 1.34. The van der Waals surface area contributed by atoms with Crippen LogP contribution >= 0.6 is 27.3 Å². The number of esters is 1. The minimum absolute atomic E-state index is 0.0366. The largest absolute Gasteiger partial charge is 0.465 e. The molecule has 1 amide bonds. The minimum Gasteiger partial charge on any atom is -0.465 e. The fraction of sp³-hybridized carbons (Fsp3) is 0.400. The Hall–Kier alpha value is -0.880. The highest BCUT2D eigenvalue weighted by atomic mass is 79.9. The number of halogens is 1. The molecule has 1 aromatic heterocycles. The van der Waals surface area contributed by atoms with Crippen LogP contribution in [0.5, 0.6) is 0 Å². The van der Waals surface area contributed by atoms with Gasteiger partial charge in [-0.05, 0) is 11.4 Å². The van der Waals surface area contributed by atoms with Crippen LogP contribution in [0, 0.1) is 0 Å². The van der Waals surface area contributed by atoms with Crippen molar-refractivity contribution in [2.45, 2.75) is 11.2 Å². The number of methoxy groups -OCH3 is 1. The number of carbonyl (C=O) groups excluding carboxylic acids is 2. The first-order valence-corrected chi connectivity index (χ1v) is 6.53. The van der Waals surface area contributed by atoms with Crippen molar-refractivity contribution in [1.29, 1.82) is 0 Å². The van der Waals surface area contributed by atoms with Crippen molar-refractivity contribution in [2.24, 2.45) is 0 Å². The second-order valence-corrected chi connectivity index (χ2v) is 5.63. The lowest BCUT2D eigenvalue weighted by Crippen LogP contribution is -2.25. The van der Waals surface area contributed by atoms with Gasteiger partial charge in [-0.1, -0.05) is 15.9 Å². The molecule has 0 N–H and O–H groups in total. The lowest BCUT2D eigenvalue weighted by atomic mass is 10.3. The first kappa shape index (κ1) is 11.6. The molecule has 4 nitrogen and oxygen atoms in total. The van der Waals surface area contributed by atoms with Gasteiger partial charge in [0.25, 0.3) is 0 Å². The Morgan fingerprint density at radius 3 is 3.00 bits per heavy atom. The van der Waals surface area contributed by atoms with E-state index in [-0.39, 0.29) is 10.7 Å². The summed E-state index contributed by atoms with van der Waals surface area (Å²) in [5.74, 6) is -0.364. The van der Waals surface area contributed by atoms with Gasteiger partial charge in [-0.25, -0.2) is 4.79 Å². The summed E-state index contributed by atoms with van der Waals surface area (Å²) in [4.78, 5) is 25.0. The number of hydrogen-bond acceptors (Lipinski definition) is 4. The van der Waals surface area contributed by atoms with E-state index in [1.807, 2.05) is 0 Å². The monoisotopic (exact) mass is 303 g/mol. The van der Waals surface area contributed by atoms with E-state index in [4.69, 9.17) is 0 Å². The highest BCUT2D eigenvalue weighted by Crippen LogP contribution is 2.33. The summed E-state index contributed by atoms with van der Waals surface area (Å²) in [5.41, 5.74) is 0.461. The SMILES string of the molecule is COC(=O)c1ccsc1N1CC(Br)CC1=O. The van der Waals surface area contributed by atoms with Gasteiger partial charge < -0.3 is 9.64 Å². The summed E-state index contributed by atoms with van der Waals surface area (Å²) in [5, 5.41) is 2.47. The molecule has 2 rings (SSSR count). The maximum absolute atomic E-state index is 11.7. The van der Waals surface area contributed by atoms with E-state index in [0.29, 0.717) is 23.5 Å². The average Bonchev–Trinajstić information content (AvgIpc) is 2.83. The number of nitrogens with zero attached hydrogens (tertiary/aromatic N) is 1. The summed E-state index contributed by atoms with van der Waals surface area (Å²) < 4.78 is 4.67. The first-order chi connectivity index (χ1) is 7.63. The molecule has 0 radical (unpaired) electrons. The molecule has 1 saturated heterocycles. The van der Waals surface area contributed by atoms with Gasteiger partial charge in [0, 0.05) is 17.8 Å². The van der Waals surface area contributed by atoms with E-state index in [1.165, 1.54) is 18.4 Å². The van der Waals surface area contributed by atoms with Gasteiger partial charge in [-0.3, -0.25) is 4.79 Å². The Morgan fingerprint density at radius 2 is 2.44 bits per heavy atom. The van der Waals surface area contributed by atoms with Crippen molar-refractivity contribution < 1.29 is 14.3 Å². The first-order valence-electron chi connectivity index (χ1n) is 4.73. The third kappa shape index (κ3) is 1.99. The summed E-state index contributed by atoms with van der Waals surface area (Å²) in [6.07, 6.45) is 0.471. The van der Waals surface area contributed by atoms with Crippen LogP contribution in [0.25, 0.3) is 0 Å². The van der Waals surface area contributed by atoms with Crippen molar-refractivity contribution in [3.8, 4) is 0 Å². The molecule has 0 bridgehead atoms.